The second-order valence-electron chi connectivity index (χ2n) is 7.89. The molecule has 3 rings (SSSR count). The summed E-state index contributed by atoms with van der Waals surface area (Å²) in [6.07, 6.45) is 0. The summed E-state index contributed by atoms with van der Waals surface area (Å²) >= 11 is 0. The van der Waals surface area contributed by atoms with Crippen LogP contribution in [0.25, 0.3) is 0 Å². The van der Waals surface area contributed by atoms with Gasteiger partial charge in [0.05, 0.1) is 12.8 Å². The summed E-state index contributed by atoms with van der Waals surface area (Å²) in [6, 6.07) is 8.78. The van der Waals surface area contributed by atoms with Crippen molar-refractivity contribution in [1.29, 1.82) is 0 Å². The van der Waals surface area contributed by atoms with Crippen LogP contribution in [0, 0.1) is 0 Å². The minimum absolute atomic E-state index is 0.514. The normalized spacial score (nSPS) is 20.6. The van der Waals surface area contributed by atoms with Crippen LogP contribution in [0.3, 0.4) is 0 Å². The number of hydrogen-bond donors (Lipinski definition) is 1. The van der Waals surface area contributed by atoms with Crippen molar-refractivity contribution in [2.24, 2.45) is 4.99 Å². The number of para-hydroxylation sites is 2. The molecule has 1 aromatic carbocycles. The highest BCUT2D eigenvalue weighted by molar-refractivity contribution is 5.80. The second kappa shape index (κ2) is 10.7. The van der Waals surface area contributed by atoms with Gasteiger partial charge in [-0.1, -0.05) is 19.1 Å². The Morgan fingerprint density at radius 1 is 1.07 bits per heavy atom. The van der Waals surface area contributed by atoms with Gasteiger partial charge in [0.1, 0.15) is 5.75 Å². The van der Waals surface area contributed by atoms with E-state index in [2.05, 4.69) is 55.9 Å². The summed E-state index contributed by atoms with van der Waals surface area (Å²) in [4.78, 5) is 14.4. The Balaban J connectivity index is 1.47. The van der Waals surface area contributed by atoms with Gasteiger partial charge in [-0.2, -0.15) is 0 Å². The summed E-state index contributed by atoms with van der Waals surface area (Å²) in [5.41, 5.74) is 1.18. The molecular weight excluding hydrogens is 364 g/mol. The number of benzene rings is 1. The van der Waals surface area contributed by atoms with Gasteiger partial charge in [0.2, 0.25) is 0 Å². The van der Waals surface area contributed by atoms with Crippen molar-refractivity contribution in [2.45, 2.75) is 19.9 Å². The molecule has 7 heteroatoms. The Kier molecular flexibility index (Phi) is 8.00. The van der Waals surface area contributed by atoms with Crippen molar-refractivity contribution in [3.63, 3.8) is 0 Å². The Hall–Kier alpha value is -1.99. The number of anilines is 1. The molecule has 1 unspecified atom stereocenters. The maximum atomic E-state index is 5.53. The Labute approximate surface area is 176 Å². The van der Waals surface area contributed by atoms with Crippen LogP contribution in [0.4, 0.5) is 5.69 Å². The smallest absolute Gasteiger partial charge is 0.193 e. The summed E-state index contributed by atoms with van der Waals surface area (Å²) in [5, 5.41) is 3.62. The molecular formula is C22H38N6O. The van der Waals surface area contributed by atoms with Gasteiger partial charge in [-0.3, -0.25) is 9.89 Å². The highest BCUT2D eigenvalue weighted by Gasteiger charge is 2.23. The number of rotatable bonds is 6. The van der Waals surface area contributed by atoms with Crippen LogP contribution in [0.5, 0.6) is 5.75 Å². The van der Waals surface area contributed by atoms with E-state index >= 15 is 0 Å². The molecule has 162 valence electrons. The Morgan fingerprint density at radius 3 is 2.38 bits per heavy atom. The van der Waals surface area contributed by atoms with Gasteiger partial charge in [-0.15, -0.1) is 0 Å². The van der Waals surface area contributed by atoms with Crippen molar-refractivity contribution in [1.82, 2.24) is 20.0 Å². The fourth-order valence-corrected chi connectivity index (χ4v) is 4.27. The van der Waals surface area contributed by atoms with Crippen molar-refractivity contribution in [3.8, 4) is 5.75 Å². The molecule has 29 heavy (non-hydrogen) atoms. The average Bonchev–Trinajstić information content (AvgIpc) is 2.79. The Morgan fingerprint density at radius 2 is 1.76 bits per heavy atom. The highest BCUT2D eigenvalue weighted by atomic mass is 16.5. The fraction of sp³-hybridized carbons (Fsp3) is 0.682. The van der Waals surface area contributed by atoms with E-state index in [9.17, 15) is 0 Å². The lowest BCUT2D eigenvalue weighted by Gasteiger charge is -2.40. The molecule has 2 aliphatic heterocycles. The van der Waals surface area contributed by atoms with E-state index in [0.29, 0.717) is 6.04 Å². The molecule has 7 nitrogen and oxygen atoms in total. The van der Waals surface area contributed by atoms with Gasteiger partial charge in [0, 0.05) is 72.0 Å². The van der Waals surface area contributed by atoms with Crippen LogP contribution in [0.15, 0.2) is 29.3 Å². The van der Waals surface area contributed by atoms with Gasteiger partial charge < -0.3 is 24.8 Å². The van der Waals surface area contributed by atoms with Gasteiger partial charge >= 0.3 is 0 Å². The van der Waals surface area contributed by atoms with Crippen LogP contribution < -0.4 is 15.0 Å². The first-order valence-electron chi connectivity index (χ1n) is 11.0. The minimum Gasteiger partial charge on any atom is -0.495 e. The first-order valence-corrected chi connectivity index (χ1v) is 11.0. The lowest BCUT2D eigenvalue weighted by atomic mass is 10.2. The number of methoxy groups -OCH3 is 1. The largest absolute Gasteiger partial charge is 0.495 e. The van der Waals surface area contributed by atoms with E-state index in [-0.39, 0.29) is 0 Å². The monoisotopic (exact) mass is 402 g/mol. The lowest BCUT2D eigenvalue weighted by molar-refractivity contribution is 0.107. The molecule has 0 aliphatic carbocycles. The van der Waals surface area contributed by atoms with Crippen LogP contribution in [-0.4, -0.2) is 106 Å². The minimum atomic E-state index is 0.514. The zero-order valence-electron chi connectivity index (χ0n) is 18.6. The fourth-order valence-electron chi connectivity index (χ4n) is 4.27. The maximum absolute atomic E-state index is 5.53. The molecule has 1 atom stereocenters. The average molecular weight is 403 g/mol. The number of likely N-dealkylation sites (N-methyl/N-ethyl adjacent to an activating group) is 1. The predicted octanol–water partition coefficient (Wildman–Crippen LogP) is 1.42. The van der Waals surface area contributed by atoms with Crippen LogP contribution in [0.1, 0.15) is 13.8 Å². The third kappa shape index (κ3) is 5.54. The summed E-state index contributed by atoms with van der Waals surface area (Å²) in [7, 11) is 3.63. The molecule has 2 saturated heterocycles. The van der Waals surface area contributed by atoms with E-state index in [0.717, 1.165) is 64.1 Å². The first-order chi connectivity index (χ1) is 14.2. The van der Waals surface area contributed by atoms with Crippen LogP contribution in [-0.2, 0) is 0 Å². The number of piperazine rings is 2. The number of aliphatic imine (C=N–C) groups is 1. The third-order valence-corrected chi connectivity index (χ3v) is 6.25. The molecule has 2 fully saturated rings. The Bertz CT molecular complexity index is 650. The van der Waals surface area contributed by atoms with Gasteiger partial charge in [0.15, 0.2) is 5.96 Å². The predicted molar refractivity (Wildman–Crippen MR) is 121 cm³/mol. The second-order valence-corrected chi connectivity index (χ2v) is 7.89. The molecule has 2 heterocycles. The number of nitrogens with zero attached hydrogens (tertiary/aromatic N) is 5. The summed E-state index contributed by atoms with van der Waals surface area (Å²) in [5.74, 6) is 1.96. The molecule has 0 amide bonds. The first kappa shape index (κ1) is 21.7. The topological polar surface area (TPSA) is 46.6 Å². The number of guanidine groups is 1. The molecule has 0 saturated carbocycles. The molecule has 0 radical (unpaired) electrons. The van der Waals surface area contributed by atoms with Crippen LogP contribution >= 0.6 is 0 Å². The molecule has 0 spiro atoms. The molecule has 2 aliphatic rings. The number of hydrogen-bond acceptors (Lipinski definition) is 5. The molecule has 1 aromatic rings. The van der Waals surface area contributed by atoms with Crippen molar-refractivity contribution in [3.05, 3.63) is 24.3 Å². The van der Waals surface area contributed by atoms with Crippen molar-refractivity contribution < 1.29 is 4.74 Å². The van der Waals surface area contributed by atoms with E-state index < -0.39 is 0 Å². The van der Waals surface area contributed by atoms with E-state index in [4.69, 9.17) is 4.74 Å². The lowest BCUT2D eigenvalue weighted by Crippen LogP contribution is -2.56. The SMILES string of the molecule is CCN1CCN(C(C)CNC(=NC)N2CCN(c3ccccc3OC)CC2)CC1. The van der Waals surface area contributed by atoms with E-state index in [1.54, 1.807) is 7.11 Å². The van der Waals surface area contributed by atoms with Gasteiger partial charge in [0.25, 0.3) is 0 Å². The molecule has 0 bridgehead atoms. The molecule has 0 aromatic heterocycles. The maximum Gasteiger partial charge on any atom is 0.193 e. The third-order valence-electron chi connectivity index (χ3n) is 6.25. The zero-order valence-corrected chi connectivity index (χ0v) is 18.6. The standard InChI is InChI=1S/C22H38N6O/c1-5-25-10-12-26(13-11-25)19(2)18-24-22(23-3)28-16-14-27(15-17-28)20-8-6-7-9-21(20)29-4/h6-9,19H,5,10-18H2,1-4H3,(H,23,24). The zero-order chi connectivity index (χ0) is 20.6. The summed E-state index contributed by atoms with van der Waals surface area (Å²) < 4.78 is 5.53. The van der Waals surface area contributed by atoms with E-state index in [1.807, 2.05) is 19.2 Å². The van der Waals surface area contributed by atoms with Crippen molar-refractivity contribution >= 4 is 11.6 Å². The van der Waals surface area contributed by atoms with Crippen LogP contribution in [0.2, 0.25) is 0 Å². The number of nitrogens with one attached hydrogen (secondary N) is 1. The quantitative estimate of drug-likeness (QED) is 0.574. The van der Waals surface area contributed by atoms with Gasteiger partial charge in [-0.25, -0.2) is 0 Å². The van der Waals surface area contributed by atoms with Crippen molar-refractivity contribution in [2.75, 3.05) is 84.5 Å². The summed E-state index contributed by atoms with van der Waals surface area (Å²) in [6.45, 7) is 15.2. The molecule has 1 N–H and O–H groups in total. The van der Waals surface area contributed by atoms with E-state index in [1.165, 1.54) is 18.8 Å². The highest BCUT2D eigenvalue weighted by Crippen LogP contribution is 2.28. The number of ether oxygens (including phenoxy) is 1. The van der Waals surface area contributed by atoms with Gasteiger partial charge in [-0.05, 0) is 25.6 Å².